The van der Waals surface area contributed by atoms with Gasteiger partial charge in [-0.25, -0.2) is 0 Å². The Morgan fingerprint density at radius 1 is 1.21 bits per heavy atom. The fourth-order valence-electron chi connectivity index (χ4n) is 1.87. The van der Waals surface area contributed by atoms with Crippen molar-refractivity contribution in [3.05, 3.63) is 56.5 Å². The largest absolute Gasteiger partial charge is 0.507 e. The maximum Gasteiger partial charge on any atom is 0.123 e. The average Bonchev–Trinajstić information content (AvgIpc) is 2.39. The molecule has 0 aromatic heterocycles. The molecule has 2 aromatic carbocycles. The molecule has 2 rings (SSSR count). The van der Waals surface area contributed by atoms with Gasteiger partial charge in [0.25, 0.3) is 0 Å². The molecule has 0 fully saturated rings. The van der Waals surface area contributed by atoms with E-state index in [0.717, 1.165) is 26.9 Å². The zero-order chi connectivity index (χ0) is 14.0. The summed E-state index contributed by atoms with van der Waals surface area (Å²) in [6.07, 6.45) is 0. The van der Waals surface area contributed by atoms with Crippen molar-refractivity contribution in [2.45, 2.75) is 20.4 Å². The lowest BCUT2D eigenvalue weighted by Crippen LogP contribution is -2.01. The van der Waals surface area contributed by atoms with E-state index in [1.165, 1.54) is 0 Å². The predicted molar refractivity (Wildman–Crippen MR) is 84.1 cm³/mol. The maximum absolute atomic E-state index is 9.90. The number of nitrogens with one attached hydrogen (secondary N) is 1. The lowest BCUT2D eigenvalue weighted by molar-refractivity contribution is 0.467. The van der Waals surface area contributed by atoms with Gasteiger partial charge in [-0.2, -0.15) is 0 Å². The van der Waals surface area contributed by atoms with Gasteiger partial charge in [-0.1, -0.05) is 23.7 Å². The number of benzene rings is 2. The zero-order valence-corrected chi connectivity index (χ0v) is 13.1. The molecule has 0 aliphatic rings. The molecule has 0 spiro atoms. The minimum Gasteiger partial charge on any atom is -0.507 e. The molecule has 0 heterocycles. The van der Waals surface area contributed by atoms with Gasteiger partial charge in [0.05, 0.1) is 5.02 Å². The summed E-state index contributed by atoms with van der Waals surface area (Å²) in [7, 11) is 0. The third kappa shape index (κ3) is 3.23. The van der Waals surface area contributed by atoms with E-state index in [-0.39, 0.29) is 0 Å². The molecule has 0 atom stereocenters. The first kappa shape index (κ1) is 14.2. The smallest absolute Gasteiger partial charge is 0.123 e. The number of hydrogen-bond acceptors (Lipinski definition) is 2. The summed E-state index contributed by atoms with van der Waals surface area (Å²) in [6, 6.07) is 9.71. The van der Waals surface area contributed by atoms with Crippen molar-refractivity contribution in [2.24, 2.45) is 0 Å². The van der Waals surface area contributed by atoms with Crippen molar-refractivity contribution in [3.8, 4) is 5.75 Å². The third-order valence-corrected chi connectivity index (χ3v) is 4.31. The van der Waals surface area contributed by atoms with E-state index in [0.29, 0.717) is 17.3 Å². The van der Waals surface area contributed by atoms with E-state index >= 15 is 0 Å². The molecule has 4 heteroatoms. The second kappa shape index (κ2) is 5.85. The van der Waals surface area contributed by atoms with Gasteiger partial charge in [0.2, 0.25) is 0 Å². The molecule has 2 nitrogen and oxygen atoms in total. The minimum absolute atomic E-state index is 0.349. The van der Waals surface area contributed by atoms with Crippen LogP contribution >= 0.6 is 27.5 Å². The predicted octanol–water partition coefficient (Wildman–Crippen LogP) is 5.04. The summed E-state index contributed by atoms with van der Waals surface area (Å²) >= 11 is 9.37. The van der Waals surface area contributed by atoms with Crippen LogP contribution in [0, 0.1) is 13.8 Å². The Hall–Kier alpha value is -1.19. The van der Waals surface area contributed by atoms with E-state index in [2.05, 4.69) is 21.2 Å². The van der Waals surface area contributed by atoms with E-state index in [1.54, 1.807) is 0 Å². The molecule has 0 saturated heterocycles. The quantitative estimate of drug-likeness (QED) is 0.820. The van der Waals surface area contributed by atoms with Crippen LogP contribution in [0.4, 0.5) is 5.69 Å². The Morgan fingerprint density at radius 2 is 1.95 bits per heavy atom. The van der Waals surface area contributed by atoms with Crippen molar-refractivity contribution in [1.82, 2.24) is 0 Å². The van der Waals surface area contributed by atoms with Crippen molar-refractivity contribution in [1.29, 1.82) is 0 Å². The van der Waals surface area contributed by atoms with Gasteiger partial charge >= 0.3 is 0 Å². The van der Waals surface area contributed by atoms with Gasteiger partial charge in [-0.3, -0.25) is 0 Å². The van der Waals surface area contributed by atoms with Crippen LogP contribution in [0.5, 0.6) is 5.75 Å². The second-order valence-corrected chi connectivity index (χ2v) is 5.77. The molecule has 0 aliphatic heterocycles. The van der Waals surface area contributed by atoms with Crippen molar-refractivity contribution in [3.63, 3.8) is 0 Å². The summed E-state index contributed by atoms with van der Waals surface area (Å²) in [6.45, 7) is 4.48. The standard InChI is InChI=1S/C15H15BrClNO/c1-9-3-6-14(10(2)15(9)19)18-8-11-4-5-13(17)12(16)7-11/h3-7,18-19H,8H2,1-2H3. The fraction of sp³-hybridized carbons (Fsp3) is 0.200. The number of phenolic OH excluding ortho intramolecular Hbond substituents is 1. The van der Waals surface area contributed by atoms with Crippen LogP contribution in [0.1, 0.15) is 16.7 Å². The van der Waals surface area contributed by atoms with Crippen LogP contribution in [0.15, 0.2) is 34.8 Å². The van der Waals surface area contributed by atoms with Crippen molar-refractivity contribution >= 4 is 33.2 Å². The third-order valence-electron chi connectivity index (χ3n) is 3.10. The lowest BCUT2D eigenvalue weighted by Gasteiger charge is -2.12. The highest BCUT2D eigenvalue weighted by atomic mass is 79.9. The molecule has 19 heavy (non-hydrogen) atoms. The monoisotopic (exact) mass is 339 g/mol. The van der Waals surface area contributed by atoms with E-state index < -0.39 is 0 Å². The molecule has 0 bridgehead atoms. The maximum atomic E-state index is 9.90. The molecule has 100 valence electrons. The number of aromatic hydroxyl groups is 1. The Labute approximate surface area is 126 Å². The molecule has 0 saturated carbocycles. The Balaban J connectivity index is 2.14. The number of phenols is 1. The van der Waals surface area contributed by atoms with Crippen LogP contribution in [0.25, 0.3) is 0 Å². The van der Waals surface area contributed by atoms with Gasteiger partial charge in [0, 0.05) is 22.3 Å². The average molecular weight is 341 g/mol. The first-order valence-corrected chi connectivity index (χ1v) is 7.13. The summed E-state index contributed by atoms with van der Waals surface area (Å²) in [5.74, 6) is 0.349. The van der Waals surface area contributed by atoms with Crippen LogP contribution in [-0.2, 0) is 6.54 Å². The SMILES string of the molecule is Cc1ccc(NCc2ccc(Cl)c(Br)c2)c(C)c1O. The highest BCUT2D eigenvalue weighted by molar-refractivity contribution is 9.10. The topological polar surface area (TPSA) is 32.3 Å². The number of hydrogen-bond donors (Lipinski definition) is 2. The fourth-order valence-corrected chi connectivity index (χ4v) is 2.42. The summed E-state index contributed by atoms with van der Waals surface area (Å²) < 4.78 is 0.886. The van der Waals surface area contributed by atoms with Crippen LogP contribution < -0.4 is 5.32 Å². The highest BCUT2D eigenvalue weighted by Crippen LogP contribution is 2.29. The van der Waals surface area contributed by atoms with Gasteiger partial charge in [0.1, 0.15) is 5.75 Å². The van der Waals surface area contributed by atoms with Gasteiger partial charge in [-0.15, -0.1) is 0 Å². The van der Waals surface area contributed by atoms with Crippen LogP contribution in [0.2, 0.25) is 5.02 Å². The number of rotatable bonds is 3. The molecule has 0 aliphatic carbocycles. The number of anilines is 1. The van der Waals surface area contributed by atoms with Gasteiger partial charge in [0.15, 0.2) is 0 Å². The Morgan fingerprint density at radius 3 is 2.63 bits per heavy atom. The zero-order valence-electron chi connectivity index (χ0n) is 10.8. The van der Waals surface area contributed by atoms with Gasteiger partial charge in [-0.05, 0) is 59.1 Å². The van der Waals surface area contributed by atoms with E-state index in [9.17, 15) is 5.11 Å². The molecule has 0 amide bonds. The number of halogens is 2. The molecule has 2 aromatic rings. The van der Waals surface area contributed by atoms with Crippen LogP contribution in [0.3, 0.4) is 0 Å². The normalized spacial score (nSPS) is 10.5. The first-order valence-electron chi connectivity index (χ1n) is 5.96. The summed E-state index contributed by atoms with van der Waals surface area (Å²) in [5, 5.41) is 13.9. The molecule has 0 unspecified atom stereocenters. The van der Waals surface area contributed by atoms with Crippen LogP contribution in [-0.4, -0.2) is 5.11 Å². The molecule has 0 radical (unpaired) electrons. The van der Waals surface area contributed by atoms with E-state index in [1.807, 2.05) is 44.2 Å². The van der Waals surface area contributed by atoms with Crippen molar-refractivity contribution < 1.29 is 5.11 Å². The number of aryl methyl sites for hydroxylation is 1. The van der Waals surface area contributed by atoms with E-state index in [4.69, 9.17) is 11.6 Å². The second-order valence-electron chi connectivity index (χ2n) is 4.51. The highest BCUT2D eigenvalue weighted by Gasteiger charge is 2.06. The Kier molecular flexibility index (Phi) is 4.38. The van der Waals surface area contributed by atoms with Gasteiger partial charge < -0.3 is 10.4 Å². The van der Waals surface area contributed by atoms with Crippen molar-refractivity contribution in [2.75, 3.05) is 5.32 Å². The summed E-state index contributed by atoms with van der Waals surface area (Å²) in [4.78, 5) is 0. The lowest BCUT2D eigenvalue weighted by atomic mass is 10.1. The Bertz CT molecular complexity index is 613. The molecule has 2 N–H and O–H groups in total. The first-order chi connectivity index (χ1) is 8.99. The minimum atomic E-state index is 0.349. The summed E-state index contributed by atoms with van der Waals surface area (Å²) in [5.41, 5.74) is 3.82. The molecular weight excluding hydrogens is 326 g/mol. The molecular formula is C15H15BrClNO.